The minimum atomic E-state index is -2.49. The second-order valence-corrected chi connectivity index (χ2v) is 16.2. The van der Waals surface area contributed by atoms with E-state index in [2.05, 4.69) is 88.4 Å². The maximum absolute atomic E-state index is 6.86. The average Bonchev–Trinajstić information content (AvgIpc) is 2.96. The first-order valence-corrected chi connectivity index (χ1v) is 17.9. The molecular formula is C35H58O4Si. The summed E-state index contributed by atoms with van der Waals surface area (Å²) in [5, 5.41) is 2.57. The third kappa shape index (κ3) is 13.0. The fourth-order valence-electron chi connectivity index (χ4n) is 5.43. The van der Waals surface area contributed by atoms with Crippen LogP contribution in [-0.4, -0.2) is 54.6 Å². The zero-order chi connectivity index (χ0) is 28.8. The lowest BCUT2D eigenvalue weighted by Gasteiger charge is -2.43. The summed E-state index contributed by atoms with van der Waals surface area (Å²) in [4.78, 5) is 0. The Morgan fingerprint density at radius 2 is 0.850 bits per heavy atom. The number of unbranched alkanes of at least 4 members (excludes halogenated alkanes) is 10. The highest BCUT2D eigenvalue weighted by Crippen LogP contribution is 2.36. The number of ether oxygens (including phenoxy) is 3. The molecule has 2 aromatic carbocycles. The molecule has 0 saturated heterocycles. The van der Waals surface area contributed by atoms with Crippen molar-refractivity contribution in [2.75, 3.05) is 46.2 Å². The van der Waals surface area contributed by atoms with Gasteiger partial charge in [-0.15, -0.1) is 0 Å². The molecule has 0 fully saturated rings. The summed E-state index contributed by atoms with van der Waals surface area (Å²) in [5.74, 6) is 0. The van der Waals surface area contributed by atoms with Crippen molar-refractivity contribution < 1.29 is 18.6 Å². The van der Waals surface area contributed by atoms with Crippen molar-refractivity contribution in [3.8, 4) is 0 Å². The summed E-state index contributed by atoms with van der Waals surface area (Å²) in [6.45, 7) is 13.6. The second-order valence-electron chi connectivity index (χ2n) is 11.9. The van der Waals surface area contributed by atoms with Crippen molar-refractivity contribution in [2.24, 2.45) is 0 Å². The number of rotatable bonds is 24. The van der Waals surface area contributed by atoms with E-state index >= 15 is 0 Å². The third-order valence-corrected chi connectivity index (χ3v) is 12.6. The molecule has 0 amide bonds. The van der Waals surface area contributed by atoms with Gasteiger partial charge in [0.25, 0.3) is 8.32 Å². The lowest BCUT2D eigenvalue weighted by Crippen LogP contribution is -2.66. The first-order chi connectivity index (χ1) is 19.5. The van der Waals surface area contributed by atoms with Crippen LogP contribution < -0.4 is 10.4 Å². The van der Waals surface area contributed by atoms with Gasteiger partial charge in [0.05, 0.1) is 39.6 Å². The fourth-order valence-corrected chi connectivity index (χ4v) is 9.97. The van der Waals surface area contributed by atoms with Crippen molar-refractivity contribution >= 4 is 18.7 Å². The lowest BCUT2D eigenvalue weighted by molar-refractivity contribution is 0.00822. The highest BCUT2D eigenvalue weighted by atomic mass is 28.4. The Labute approximate surface area is 247 Å². The molecule has 0 atom stereocenters. The molecule has 226 valence electrons. The molecule has 0 saturated carbocycles. The van der Waals surface area contributed by atoms with Gasteiger partial charge in [-0.05, 0) is 21.8 Å². The van der Waals surface area contributed by atoms with Crippen LogP contribution in [0.15, 0.2) is 60.7 Å². The minimum Gasteiger partial charge on any atom is -0.405 e. The van der Waals surface area contributed by atoms with E-state index in [1.807, 2.05) is 0 Å². The van der Waals surface area contributed by atoms with Crippen LogP contribution in [0, 0.1) is 0 Å². The van der Waals surface area contributed by atoms with E-state index in [1.54, 1.807) is 0 Å². The summed E-state index contributed by atoms with van der Waals surface area (Å²) in [6, 6.07) is 21.5. The van der Waals surface area contributed by atoms with Crippen LogP contribution in [0.5, 0.6) is 0 Å². The summed E-state index contributed by atoms with van der Waals surface area (Å²) < 4.78 is 24.2. The molecule has 0 aromatic heterocycles. The van der Waals surface area contributed by atoms with Gasteiger partial charge in [0, 0.05) is 6.61 Å². The van der Waals surface area contributed by atoms with E-state index < -0.39 is 8.32 Å². The van der Waals surface area contributed by atoms with Crippen LogP contribution >= 0.6 is 0 Å². The molecule has 0 unspecified atom stereocenters. The highest BCUT2D eigenvalue weighted by molar-refractivity contribution is 6.99. The maximum Gasteiger partial charge on any atom is 0.261 e. The van der Waals surface area contributed by atoms with Crippen LogP contribution in [0.2, 0.25) is 5.04 Å². The van der Waals surface area contributed by atoms with Gasteiger partial charge in [0.1, 0.15) is 0 Å². The van der Waals surface area contributed by atoms with Crippen LogP contribution in [-0.2, 0) is 18.6 Å². The SMILES string of the molecule is CCCCCCCCCCCCCOCCOCCOCCO[Si](c1ccccc1)(c1ccccc1)C(C)(C)C. The number of hydrogen-bond acceptors (Lipinski definition) is 4. The molecular weight excluding hydrogens is 512 g/mol. The fraction of sp³-hybridized carbons (Fsp3) is 0.657. The smallest absolute Gasteiger partial charge is 0.261 e. The summed E-state index contributed by atoms with van der Waals surface area (Å²) in [7, 11) is -2.49. The zero-order valence-corrected chi connectivity index (χ0v) is 27.1. The van der Waals surface area contributed by atoms with Gasteiger partial charge in [-0.3, -0.25) is 0 Å². The van der Waals surface area contributed by atoms with Crippen molar-refractivity contribution in [2.45, 2.75) is 103 Å². The number of hydrogen-bond donors (Lipinski definition) is 0. The largest absolute Gasteiger partial charge is 0.405 e. The summed E-state index contributed by atoms with van der Waals surface area (Å²) >= 11 is 0. The molecule has 0 N–H and O–H groups in total. The molecule has 0 aliphatic rings. The molecule has 2 aromatic rings. The van der Waals surface area contributed by atoms with Gasteiger partial charge in [-0.1, -0.05) is 153 Å². The van der Waals surface area contributed by atoms with E-state index in [-0.39, 0.29) is 5.04 Å². The molecule has 2 rings (SSSR count). The molecule has 0 heterocycles. The molecule has 0 spiro atoms. The van der Waals surface area contributed by atoms with Crippen LogP contribution in [0.1, 0.15) is 98.3 Å². The predicted octanol–water partition coefficient (Wildman–Crippen LogP) is 7.92. The van der Waals surface area contributed by atoms with Crippen molar-refractivity contribution in [1.82, 2.24) is 0 Å². The molecule has 0 radical (unpaired) electrons. The first kappa shape index (κ1) is 34.7. The van der Waals surface area contributed by atoms with E-state index in [0.717, 1.165) is 13.0 Å². The maximum atomic E-state index is 6.86. The minimum absolute atomic E-state index is 0.0215. The Hall–Kier alpha value is -1.50. The molecule has 0 aliphatic carbocycles. The number of benzene rings is 2. The molecule has 5 heteroatoms. The first-order valence-electron chi connectivity index (χ1n) is 16.0. The van der Waals surface area contributed by atoms with E-state index in [9.17, 15) is 0 Å². The van der Waals surface area contributed by atoms with E-state index in [0.29, 0.717) is 39.6 Å². The van der Waals surface area contributed by atoms with E-state index in [1.165, 1.54) is 74.6 Å². The van der Waals surface area contributed by atoms with Crippen LogP contribution in [0.3, 0.4) is 0 Å². The Balaban J connectivity index is 1.52. The summed E-state index contributed by atoms with van der Waals surface area (Å²) in [5.41, 5.74) is 0. The van der Waals surface area contributed by atoms with Gasteiger partial charge in [-0.2, -0.15) is 0 Å². The van der Waals surface area contributed by atoms with Crippen LogP contribution in [0.4, 0.5) is 0 Å². The Morgan fingerprint density at radius 3 is 1.27 bits per heavy atom. The standard InChI is InChI=1S/C35H58O4Si/c1-5-6-7-8-9-10-11-12-13-14-21-26-36-27-28-37-29-30-38-31-32-39-40(35(2,3)4,33-22-17-15-18-23-33)34-24-19-16-20-25-34/h15-20,22-25H,5-14,21,26-32H2,1-4H3. The molecule has 0 bridgehead atoms. The van der Waals surface area contributed by atoms with Crippen LogP contribution in [0.25, 0.3) is 0 Å². The van der Waals surface area contributed by atoms with Gasteiger partial charge >= 0.3 is 0 Å². The van der Waals surface area contributed by atoms with Gasteiger partial charge < -0.3 is 18.6 Å². The third-order valence-electron chi connectivity index (χ3n) is 7.60. The topological polar surface area (TPSA) is 36.9 Å². The normalized spacial score (nSPS) is 12.2. The Bertz CT molecular complexity index is 798. The molecule has 0 aliphatic heterocycles. The molecule has 4 nitrogen and oxygen atoms in total. The van der Waals surface area contributed by atoms with Gasteiger partial charge in [-0.25, -0.2) is 0 Å². The van der Waals surface area contributed by atoms with Crippen molar-refractivity contribution in [3.63, 3.8) is 0 Å². The van der Waals surface area contributed by atoms with Crippen molar-refractivity contribution in [1.29, 1.82) is 0 Å². The van der Waals surface area contributed by atoms with Crippen molar-refractivity contribution in [3.05, 3.63) is 60.7 Å². The zero-order valence-electron chi connectivity index (χ0n) is 26.1. The quantitative estimate of drug-likeness (QED) is 0.0949. The lowest BCUT2D eigenvalue weighted by atomic mass is 10.1. The highest BCUT2D eigenvalue weighted by Gasteiger charge is 2.49. The average molecular weight is 571 g/mol. The Morgan fingerprint density at radius 1 is 0.475 bits per heavy atom. The summed E-state index contributed by atoms with van der Waals surface area (Å²) in [6.07, 6.45) is 15.0. The molecule has 40 heavy (non-hydrogen) atoms. The second kappa shape index (κ2) is 21.2. The van der Waals surface area contributed by atoms with Gasteiger partial charge in [0.2, 0.25) is 0 Å². The predicted molar refractivity (Wildman–Crippen MR) is 172 cm³/mol. The van der Waals surface area contributed by atoms with E-state index in [4.69, 9.17) is 18.6 Å². The monoisotopic (exact) mass is 570 g/mol. The Kier molecular flexibility index (Phi) is 18.4. The van der Waals surface area contributed by atoms with Gasteiger partial charge in [0.15, 0.2) is 0 Å².